The van der Waals surface area contributed by atoms with Crippen LogP contribution < -0.4 is 0 Å². The number of hydrogen-bond donors (Lipinski definition) is 1. The number of halogens is 3. The molecule has 0 aliphatic rings. The maximum atomic E-state index is 12.6. The minimum Gasteiger partial charge on any atom is -0.468 e. The smallest absolute Gasteiger partial charge is 0.404 e. The van der Waals surface area contributed by atoms with Crippen LogP contribution in [0.5, 0.6) is 0 Å². The Labute approximate surface area is 86.2 Å². The van der Waals surface area contributed by atoms with Crippen LogP contribution in [0, 0.1) is 5.41 Å². The van der Waals surface area contributed by atoms with Gasteiger partial charge in [-0.15, -0.1) is 0 Å². The Morgan fingerprint density at radius 1 is 1.47 bits per heavy atom. The second-order valence-corrected chi connectivity index (χ2v) is 3.71. The summed E-state index contributed by atoms with van der Waals surface area (Å²) >= 11 is 0. The predicted molar refractivity (Wildman–Crippen MR) is 47.1 cm³/mol. The van der Waals surface area contributed by atoms with Gasteiger partial charge in [-0.05, 0) is 26.7 Å². The van der Waals surface area contributed by atoms with Crippen molar-refractivity contribution in [1.82, 2.24) is 0 Å². The molecule has 2 atom stereocenters. The van der Waals surface area contributed by atoms with Gasteiger partial charge < -0.3 is 9.84 Å². The Balaban J connectivity index is 4.80. The van der Waals surface area contributed by atoms with Crippen LogP contribution in [0.4, 0.5) is 13.2 Å². The van der Waals surface area contributed by atoms with E-state index < -0.39 is 30.1 Å². The lowest BCUT2D eigenvalue weighted by atomic mass is 9.84. The van der Waals surface area contributed by atoms with Crippen LogP contribution >= 0.6 is 0 Å². The molecule has 0 saturated carbocycles. The quantitative estimate of drug-likeness (QED) is 0.747. The molecule has 0 aliphatic carbocycles. The van der Waals surface area contributed by atoms with Crippen molar-refractivity contribution in [3.05, 3.63) is 0 Å². The number of rotatable bonds is 4. The average molecular weight is 228 g/mol. The molecule has 0 aromatic heterocycles. The van der Waals surface area contributed by atoms with Crippen LogP contribution in [0.25, 0.3) is 0 Å². The Hall–Kier alpha value is -0.780. The van der Waals surface area contributed by atoms with Gasteiger partial charge >= 0.3 is 12.1 Å². The maximum absolute atomic E-state index is 12.6. The molecule has 3 nitrogen and oxygen atoms in total. The molecule has 0 aromatic rings. The third-order valence-electron chi connectivity index (χ3n) is 2.32. The van der Waals surface area contributed by atoms with Gasteiger partial charge in [0.2, 0.25) is 0 Å². The van der Waals surface area contributed by atoms with Gasteiger partial charge in [0.25, 0.3) is 0 Å². The lowest BCUT2D eigenvalue weighted by Gasteiger charge is -2.29. The van der Waals surface area contributed by atoms with Crippen molar-refractivity contribution in [1.29, 1.82) is 0 Å². The average Bonchev–Trinajstić information content (AvgIpc) is 2.10. The molecule has 0 bridgehead atoms. The van der Waals surface area contributed by atoms with E-state index in [9.17, 15) is 18.0 Å². The van der Waals surface area contributed by atoms with Gasteiger partial charge in [-0.25, -0.2) is 0 Å². The predicted octanol–water partition coefficient (Wildman–Crippen LogP) is 1.89. The fourth-order valence-corrected chi connectivity index (χ4v) is 1.08. The van der Waals surface area contributed by atoms with E-state index in [0.717, 1.165) is 14.0 Å². The van der Waals surface area contributed by atoms with Crippen molar-refractivity contribution < 1.29 is 27.8 Å². The highest BCUT2D eigenvalue weighted by Crippen LogP contribution is 2.42. The minimum atomic E-state index is -4.67. The highest BCUT2D eigenvalue weighted by molar-refractivity contribution is 5.77. The Morgan fingerprint density at radius 2 is 1.93 bits per heavy atom. The molecule has 6 heteroatoms. The van der Waals surface area contributed by atoms with Crippen LogP contribution in [0.15, 0.2) is 0 Å². The Morgan fingerprint density at radius 3 is 2.20 bits per heavy atom. The van der Waals surface area contributed by atoms with Crippen molar-refractivity contribution in [2.45, 2.75) is 39.0 Å². The van der Waals surface area contributed by atoms with E-state index in [1.807, 2.05) is 0 Å². The molecule has 0 rings (SSSR count). The monoisotopic (exact) mass is 228 g/mol. The van der Waals surface area contributed by atoms with Crippen LogP contribution in [0.3, 0.4) is 0 Å². The number of aliphatic hydroxyl groups is 1. The van der Waals surface area contributed by atoms with Crippen LogP contribution in [0.1, 0.15) is 26.7 Å². The van der Waals surface area contributed by atoms with Crippen molar-refractivity contribution in [3.8, 4) is 0 Å². The van der Waals surface area contributed by atoms with E-state index in [-0.39, 0.29) is 6.42 Å². The van der Waals surface area contributed by atoms with Crippen molar-refractivity contribution in [2.75, 3.05) is 7.11 Å². The number of alkyl halides is 3. The molecular weight excluding hydrogens is 213 g/mol. The largest absolute Gasteiger partial charge is 0.468 e. The molecule has 0 aromatic carbocycles. The molecule has 0 aliphatic heterocycles. The number of hydrogen-bond acceptors (Lipinski definition) is 3. The van der Waals surface area contributed by atoms with E-state index in [1.165, 1.54) is 6.92 Å². The van der Waals surface area contributed by atoms with E-state index in [1.54, 1.807) is 0 Å². The van der Waals surface area contributed by atoms with E-state index in [4.69, 9.17) is 5.11 Å². The molecule has 2 unspecified atom stereocenters. The molecule has 0 radical (unpaired) electrons. The summed E-state index contributed by atoms with van der Waals surface area (Å²) in [4.78, 5) is 11.1. The molecule has 1 N–H and O–H groups in total. The summed E-state index contributed by atoms with van der Waals surface area (Å²) in [6, 6.07) is 0. The molecule has 15 heavy (non-hydrogen) atoms. The van der Waals surface area contributed by atoms with Gasteiger partial charge in [0.05, 0.1) is 13.2 Å². The summed E-state index contributed by atoms with van der Waals surface area (Å²) in [6.45, 7) is 2.15. The zero-order valence-electron chi connectivity index (χ0n) is 8.89. The van der Waals surface area contributed by atoms with Crippen molar-refractivity contribution >= 4 is 5.97 Å². The second kappa shape index (κ2) is 4.83. The first-order valence-electron chi connectivity index (χ1n) is 4.48. The summed E-state index contributed by atoms with van der Waals surface area (Å²) in [6.07, 6.45) is -6.14. The molecule has 0 amide bonds. The number of carbonyl (C=O) groups is 1. The van der Waals surface area contributed by atoms with Gasteiger partial charge in [-0.1, -0.05) is 0 Å². The van der Waals surface area contributed by atoms with E-state index >= 15 is 0 Å². The fraction of sp³-hybridized carbons (Fsp3) is 0.889. The number of ether oxygens (including phenoxy) is 1. The van der Waals surface area contributed by atoms with Gasteiger partial charge in [0, 0.05) is 0 Å². The SMILES string of the molecule is COC(=O)C(C)(CCC(C)O)C(F)(F)F. The van der Waals surface area contributed by atoms with Crippen LogP contribution in [0.2, 0.25) is 0 Å². The van der Waals surface area contributed by atoms with Crippen LogP contribution in [-0.2, 0) is 9.53 Å². The molecule has 90 valence electrons. The zero-order chi connectivity index (χ0) is 12.3. The van der Waals surface area contributed by atoms with Crippen molar-refractivity contribution in [3.63, 3.8) is 0 Å². The number of carbonyl (C=O) groups excluding carboxylic acids is 1. The normalized spacial score (nSPS) is 18.1. The lowest BCUT2D eigenvalue weighted by molar-refractivity contribution is -0.231. The maximum Gasteiger partial charge on any atom is 0.404 e. The summed E-state index contributed by atoms with van der Waals surface area (Å²) in [5.41, 5.74) is -2.54. The van der Waals surface area contributed by atoms with Gasteiger partial charge in [0.15, 0.2) is 5.41 Å². The number of aliphatic hydroxyl groups excluding tert-OH is 1. The third-order valence-corrected chi connectivity index (χ3v) is 2.32. The topological polar surface area (TPSA) is 46.5 Å². The summed E-state index contributed by atoms with van der Waals surface area (Å²) < 4.78 is 42.0. The van der Waals surface area contributed by atoms with E-state index in [0.29, 0.717) is 0 Å². The molecule has 0 heterocycles. The first-order valence-corrected chi connectivity index (χ1v) is 4.48. The summed E-state index contributed by atoms with van der Waals surface area (Å²) in [5.74, 6) is -1.32. The third kappa shape index (κ3) is 3.37. The lowest BCUT2D eigenvalue weighted by Crippen LogP contribution is -2.43. The van der Waals surface area contributed by atoms with Gasteiger partial charge in [0.1, 0.15) is 0 Å². The summed E-state index contributed by atoms with van der Waals surface area (Å²) in [5, 5.41) is 8.92. The first kappa shape index (κ1) is 14.2. The Kier molecular flexibility index (Phi) is 4.58. The second-order valence-electron chi connectivity index (χ2n) is 3.71. The molecule has 0 spiro atoms. The number of methoxy groups -OCH3 is 1. The van der Waals surface area contributed by atoms with Crippen LogP contribution in [-0.4, -0.2) is 30.5 Å². The fourth-order valence-electron chi connectivity index (χ4n) is 1.08. The van der Waals surface area contributed by atoms with Gasteiger partial charge in [-0.2, -0.15) is 13.2 Å². The Bertz CT molecular complexity index is 225. The highest BCUT2D eigenvalue weighted by atomic mass is 19.4. The first-order chi connectivity index (χ1) is 6.65. The summed E-state index contributed by atoms with van der Waals surface area (Å²) in [7, 11) is 0.911. The van der Waals surface area contributed by atoms with Crippen molar-refractivity contribution in [2.24, 2.45) is 5.41 Å². The number of esters is 1. The highest BCUT2D eigenvalue weighted by Gasteiger charge is 2.57. The molecule has 0 fully saturated rings. The zero-order valence-corrected chi connectivity index (χ0v) is 8.89. The molecular formula is C9H15F3O3. The molecule has 0 saturated heterocycles. The van der Waals surface area contributed by atoms with Gasteiger partial charge in [-0.3, -0.25) is 4.79 Å². The van der Waals surface area contributed by atoms with E-state index in [2.05, 4.69) is 4.74 Å². The standard InChI is InChI=1S/C9H15F3O3/c1-6(13)4-5-8(2,7(14)15-3)9(10,11)12/h6,13H,4-5H2,1-3H3. The minimum absolute atomic E-state index is 0.106.